The zero-order valence-electron chi connectivity index (χ0n) is 42.4. The van der Waals surface area contributed by atoms with Crippen LogP contribution in [0, 0.1) is 0 Å². The van der Waals surface area contributed by atoms with Crippen LogP contribution in [0.1, 0.15) is 52.7 Å². The van der Waals surface area contributed by atoms with Gasteiger partial charge in [0.25, 0.3) is 6.71 Å². The average molecular weight is 938 g/mol. The van der Waals surface area contributed by atoms with Crippen LogP contribution in [0.25, 0.3) is 77.2 Å². The van der Waals surface area contributed by atoms with E-state index in [1.807, 2.05) is 0 Å². The van der Waals surface area contributed by atoms with Gasteiger partial charge in [-0.05, 0) is 141 Å². The lowest BCUT2D eigenvalue weighted by atomic mass is 9.34. The van der Waals surface area contributed by atoms with E-state index in [4.69, 9.17) is 4.74 Å². The summed E-state index contributed by atoms with van der Waals surface area (Å²) < 4.78 is 7.33. The quantitative estimate of drug-likeness (QED) is 0.122. The van der Waals surface area contributed by atoms with Crippen molar-refractivity contribution in [3.05, 3.63) is 242 Å². The van der Waals surface area contributed by atoms with Gasteiger partial charge < -0.3 is 9.64 Å². The van der Waals surface area contributed by atoms with Gasteiger partial charge in [-0.1, -0.05) is 236 Å². The number of ether oxygens (including phenoxy) is 1. The van der Waals surface area contributed by atoms with E-state index in [0.29, 0.717) is 0 Å². The minimum absolute atomic E-state index is 0.101. The minimum atomic E-state index is -0.191. The SMILES string of the molecule is CC(C)(C)c1cc(-c2ccccc2)c(N2c3cc(-c4c5ccccc5c(-c5ccccc5)c5ccccc45)ccc3B3c4ccc(-c5ccccc5)cc4Oc4cc(C(C)(C)C)cc2c43)c(-c2ccccc2)c1. The number of rotatable bonds is 6. The first-order chi connectivity index (χ1) is 35.5. The van der Waals surface area contributed by atoms with E-state index in [0.717, 1.165) is 34.1 Å². The highest BCUT2D eigenvalue weighted by Crippen LogP contribution is 2.53. The van der Waals surface area contributed by atoms with Gasteiger partial charge in [0.1, 0.15) is 11.5 Å². The van der Waals surface area contributed by atoms with E-state index in [9.17, 15) is 0 Å². The summed E-state index contributed by atoms with van der Waals surface area (Å²) >= 11 is 0. The molecule has 0 radical (unpaired) electrons. The zero-order chi connectivity index (χ0) is 49.6. The Morgan fingerprint density at radius 3 is 1.30 bits per heavy atom. The molecule has 350 valence electrons. The second-order valence-electron chi connectivity index (χ2n) is 22.0. The number of fused-ring (bicyclic) bond motifs is 6. The lowest BCUT2D eigenvalue weighted by Crippen LogP contribution is -2.59. The van der Waals surface area contributed by atoms with E-state index in [1.54, 1.807) is 0 Å². The van der Waals surface area contributed by atoms with E-state index in [1.165, 1.54) is 99.1 Å². The molecule has 11 aromatic rings. The second kappa shape index (κ2) is 17.1. The van der Waals surface area contributed by atoms with Gasteiger partial charge in [-0.15, -0.1) is 0 Å². The van der Waals surface area contributed by atoms with Crippen LogP contribution in [-0.2, 0) is 10.8 Å². The highest BCUT2D eigenvalue weighted by Gasteiger charge is 2.44. The molecule has 2 aliphatic rings. The standard InChI is InChI=1S/C70H56BNO/c1-69(2,3)51-41-57(46-25-13-8-14-26-46)68(58(42-51)47-27-15-9-16-28-47)72-61-39-50(66-55-33-21-19-31-53(55)65(48-29-17-10-18-30-48)54-32-20-22-34-56(54)66)36-37-59(61)71-60-38-35-49(45-23-11-7-12-24-45)40-63(60)73-64-44-52(70(4,5)6)43-62(72)67(64)71/h7-44H,1-6H3. The summed E-state index contributed by atoms with van der Waals surface area (Å²) in [5, 5.41) is 4.94. The van der Waals surface area contributed by atoms with E-state index >= 15 is 0 Å². The lowest BCUT2D eigenvalue weighted by molar-refractivity contribution is 0.483. The topological polar surface area (TPSA) is 12.5 Å². The number of hydrogen-bond donors (Lipinski definition) is 0. The van der Waals surface area contributed by atoms with Gasteiger partial charge in [-0.3, -0.25) is 0 Å². The summed E-state index contributed by atoms with van der Waals surface area (Å²) in [4.78, 5) is 2.63. The normalized spacial score (nSPS) is 12.8. The monoisotopic (exact) mass is 937 g/mol. The van der Waals surface area contributed by atoms with Crippen molar-refractivity contribution in [2.45, 2.75) is 52.4 Å². The molecule has 3 heteroatoms. The molecule has 11 aromatic carbocycles. The van der Waals surface area contributed by atoms with Crippen LogP contribution in [-0.4, -0.2) is 6.71 Å². The predicted octanol–water partition coefficient (Wildman–Crippen LogP) is 17.3. The molecular weight excluding hydrogens is 882 g/mol. The molecule has 0 saturated heterocycles. The summed E-state index contributed by atoms with van der Waals surface area (Å²) in [6.07, 6.45) is 0. The molecule has 2 aliphatic heterocycles. The molecule has 2 heterocycles. The fourth-order valence-corrected chi connectivity index (χ4v) is 11.7. The van der Waals surface area contributed by atoms with Gasteiger partial charge in [0.2, 0.25) is 0 Å². The Kier molecular flexibility index (Phi) is 10.5. The molecule has 0 fully saturated rings. The summed E-state index contributed by atoms with van der Waals surface area (Å²) in [7, 11) is 0. The third-order valence-corrected chi connectivity index (χ3v) is 15.4. The Morgan fingerprint density at radius 2 is 0.781 bits per heavy atom. The van der Waals surface area contributed by atoms with E-state index in [2.05, 4.69) is 277 Å². The van der Waals surface area contributed by atoms with Gasteiger partial charge >= 0.3 is 0 Å². The van der Waals surface area contributed by atoms with Crippen LogP contribution in [0.4, 0.5) is 17.1 Å². The number of anilines is 3. The molecule has 0 aliphatic carbocycles. The zero-order valence-corrected chi connectivity index (χ0v) is 42.4. The summed E-state index contributed by atoms with van der Waals surface area (Å²) in [6.45, 7) is 13.9. The first-order valence-corrected chi connectivity index (χ1v) is 25.8. The Balaban J connectivity index is 1.18. The average Bonchev–Trinajstić information content (AvgIpc) is 3.42. The first kappa shape index (κ1) is 44.5. The number of nitrogens with zero attached hydrogens (tertiary/aromatic N) is 1. The maximum atomic E-state index is 7.33. The molecule has 0 bridgehead atoms. The fraction of sp³-hybridized carbons (Fsp3) is 0.114. The predicted molar refractivity (Wildman–Crippen MR) is 312 cm³/mol. The van der Waals surface area contributed by atoms with Gasteiger partial charge in [-0.25, -0.2) is 0 Å². The Bertz CT molecular complexity index is 3820. The van der Waals surface area contributed by atoms with Gasteiger partial charge in [0.05, 0.1) is 5.69 Å². The van der Waals surface area contributed by atoms with Crippen molar-refractivity contribution in [2.75, 3.05) is 4.90 Å². The first-order valence-electron chi connectivity index (χ1n) is 25.8. The van der Waals surface area contributed by atoms with Crippen molar-refractivity contribution >= 4 is 61.7 Å². The van der Waals surface area contributed by atoms with Gasteiger partial charge in [0, 0.05) is 22.5 Å². The number of benzene rings is 11. The third kappa shape index (κ3) is 7.48. The summed E-state index contributed by atoms with van der Waals surface area (Å²) in [6, 6.07) is 85.6. The van der Waals surface area contributed by atoms with Crippen molar-refractivity contribution in [2.24, 2.45) is 0 Å². The molecule has 0 atom stereocenters. The van der Waals surface area contributed by atoms with Crippen molar-refractivity contribution in [3.63, 3.8) is 0 Å². The minimum Gasteiger partial charge on any atom is -0.458 e. The lowest BCUT2D eigenvalue weighted by Gasteiger charge is -2.43. The van der Waals surface area contributed by atoms with Crippen LogP contribution in [0.2, 0.25) is 0 Å². The molecular formula is C70H56BNO. The van der Waals surface area contributed by atoms with Crippen molar-refractivity contribution in [1.29, 1.82) is 0 Å². The highest BCUT2D eigenvalue weighted by atomic mass is 16.5. The summed E-state index contributed by atoms with van der Waals surface area (Å²) in [5.74, 6) is 1.81. The van der Waals surface area contributed by atoms with Crippen LogP contribution >= 0.6 is 0 Å². The molecule has 0 saturated carbocycles. The molecule has 2 nitrogen and oxygen atoms in total. The second-order valence-corrected chi connectivity index (χ2v) is 22.0. The van der Waals surface area contributed by atoms with Crippen molar-refractivity contribution in [3.8, 4) is 67.1 Å². The maximum absolute atomic E-state index is 7.33. The summed E-state index contributed by atoms with van der Waals surface area (Å²) in [5.41, 5.74) is 21.1. The van der Waals surface area contributed by atoms with E-state index < -0.39 is 0 Å². The largest absolute Gasteiger partial charge is 0.458 e. The van der Waals surface area contributed by atoms with Crippen LogP contribution in [0.3, 0.4) is 0 Å². The molecule has 0 amide bonds. The Hall–Kier alpha value is -8.40. The Morgan fingerprint density at radius 1 is 0.342 bits per heavy atom. The van der Waals surface area contributed by atoms with Crippen LogP contribution in [0.15, 0.2) is 231 Å². The van der Waals surface area contributed by atoms with Gasteiger partial charge in [0.15, 0.2) is 0 Å². The third-order valence-electron chi connectivity index (χ3n) is 15.4. The molecule has 0 unspecified atom stereocenters. The molecule has 13 rings (SSSR count). The van der Waals surface area contributed by atoms with Crippen LogP contribution in [0.5, 0.6) is 11.5 Å². The number of hydrogen-bond acceptors (Lipinski definition) is 2. The van der Waals surface area contributed by atoms with Crippen molar-refractivity contribution < 1.29 is 4.74 Å². The Labute approximate surface area is 430 Å². The fourth-order valence-electron chi connectivity index (χ4n) is 11.7. The highest BCUT2D eigenvalue weighted by molar-refractivity contribution is 6.99. The maximum Gasteiger partial charge on any atom is 0.256 e. The molecule has 0 spiro atoms. The molecule has 0 N–H and O–H groups in total. The van der Waals surface area contributed by atoms with E-state index in [-0.39, 0.29) is 17.5 Å². The van der Waals surface area contributed by atoms with Gasteiger partial charge in [-0.2, -0.15) is 0 Å². The molecule has 0 aromatic heterocycles. The van der Waals surface area contributed by atoms with Crippen LogP contribution < -0.4 is 26.0 Å². The smallest absolute Gasteiger partial charge is 0.256 e. The van der Waals surface area contributed by atoms with Crippen molar-refractivity contribution in [1.82, 2.24) is 0 Å². The molecule has 73 heavy (non-hydrogen) atoms.